The van der Waals surface area contributed by atoms with Gasteiger partial charge in [0, 0.05) is 23.0 Å². The molecule has 0 aliphatic carbocycles. The van der Waals surface area contributed by atoms with E-state index in [2.05, 4.69) is 26.2 Å². The second kappa shape index (κ2) is 6.80. The summed E-state index contributed by atoms with van der Waals surface area (Å²) in [6.45, 7) is 0. The van der Waals surface area contributed by atoms with E-state index in [1.807, 2.05) is 0 Å². The van der Waals surface area contributed by atoms with Gasteiger partial charge in [-0.2, -0.15) is 0 Å². The van der Waals surface area contributed by atoms with Crippen molar-refractivity contribution in [2.75, 3.05) is 10.6 Å². The minimum atomic E-state index is -0.0225. The first-order valence-corrected chi connectivity index (χ1v) is 6.19. The first-order valence-electron chi connectivity index (χ1n) is 4.70. The number of halogens is 2. The van der Waals surface area contributed by atoms with E-state index in [1.165, 1.54) is 0 Å². The third-order valence-electron chi connectivity index (χ3n) is 1.78. The fourth-order valence-corrected chi connectivity index (χ4v) is 1.61. The number of hydrogen-bond donors (Lipinski definition) is 1. The van der Waals surface area contributed by atoms with E-state index < -0.39 is 0 Å². The van der Waals surface area contributed by atoms with Crippen molar-refractivity contribution in [2.45, 2.75) is 19.3 Å². The van der Waals surface area contributed by atoms with Crippen molar-refractivity contribution in [2.24, 2.45) is 0 Å². The summed E-state index contributed by atoms with van der Waals surface area (Å²) in [7, 11) is 0. The van der Waals surface area contributed by atoms with Crippen LogP contribution < -0.4 is 5.32 Å². The molecule has 1 N–H and O–H groups in total. The highest BCUT2D eigenvalue weighted by atomic mass is 79.9. The zero-order valence-corrected chi connectivity index (χ0v) is 10.5. The Kier molecular flexibility index (Phi) is 5.65. The molecule has 82 valence electrons. The molecule has 0 saturated heterocycles. The number of nitrogens with zero attached hydrogens (tertiary/aromatic N) is 1. The van der Waals surface area contributed by atoms with Gasteiger partial charge in [0.1, 0.15) is 5.82 Å². The zero-order valence-electron chi connectivity index (χ0n) is 8.17. The molecule has 1 amide bonds. The minimum absolute atomic E-state index is 0.0225. The van der Waals surface area contributed by atoms with Crippen LogP contribution >= 0.6 is 27.5 Å². The largest absolute Gasteiger partial charge is 0.311 e. The molecular formula is C10H12BrClN2O. The third-order valence-corrected chi connectivity index (χ3v) is 2.57. The normalized spacial score (nSPS) is 10.0. The number of nitrogens with one attached hydrogen (secondary N) is 1. The lowest BCUT2D eigenvalue weighted by Gasteiger charge is -2.03. The molecule has 1 aromatic heterocycles. The average Bonchev–Trinajstić information content (AvgIpc) is 2.18. The number of aromatic nitrogens is 1. The Bertz CT molecular complexity index is 333. The van der Waals surface area contributed by atoms with Crippen molar-refractivity contribution in [1.82, 2.24) is 4.98 Å². The van der Waals surface area contributed by atoms with Crippen LogP contribution in [0.5, 0.6) is 0 Å². The lowest BCUT2D eigenvalue weighted by atomic mass is 10.2. The average molecular weight is 292 g/mol. The van der Waals surface area contributed by atoms with Gasteiger partial charge in [0.05, 0.1) is 0 Å². The van der Waals surface area contributed by atoms with E-state index in [0.717, 1.165) is 18.2 Å². The molecule has 0 atom stereocenters. The number of carbonyl (C=O) groups is 1. The Hall–Kier alpha value is -0.610. The summed E-state index contributed by atoms with van der Waals surface area (Å²) in [6, 6.07) is 3.30. The number of alkyl halides is 1. The summed E-state index contributed by atoms with van der Waals surface area (Å²) in [4.78, 5) is 15.4. The fourth-order valence-electron chi connectivity index (χ4n) is 1.06. The van der Waals surface area contributed by atoms with E-state index in [1.54, 1.807) is 18.3 Å². The van der Waals surface area contributed by atoms with Crippen molar-refractivity contribution in [1.29, 1.82) is 0 Å². The van der Waals surface area contributed by atoms with Crippen LogP contribution in [0.4, 0.5) is 5.82 Å². The molecule has 0 spiro atoms. The highest BCUT2D eigenvalue weighted by Crippen LogP contribution is 2.12. The van der Waals surface area contributed by atoms with Crippen molar-refractivity contribution < 1.29 is 4.79 Å². The van der Waals surface area contributed by atoms with Crippen LogP contribution in [0.2, 0.25) is 5.02 Å². The number of anilines is 1. The number of rotatable bonds is 5. The molecule has 15 heavy (non-hydrogen) atoms. The molecule has 1 heterocycles. The van der Waals surface area contributed by atoms with Crippen LogP contribution in [-0.2, 0) is 4.79 Å². The topological polar surface area (TPSA) is 42.0 Å². The number of carbonyl (C=O) groups excluding carboxylic acids is 1. The number of unbranched alkanes of at least 4 members (excludes halogenated alkanes) is 1. The van der Waals surface area contributed by atoms with Gasteiger partial charge in [-0.3, -0.25) is 4.79 Å². The van der Waals surface area contributed by atoms with E-state index >= 15 is 0 Å². The maximum atomic E-state index is 11.4. The first-order chi connectivity index (χ1) is 7.22. The van der Waals surface area contributed by atoms with Gasteiger partial charge in [-0.25, -0.2) is 4.98 Å². The van der Waals surface area contributed by atoms with Crippen LogP contribution in [0.1, 0.15) is 19.3 Å². The van der Waals surface area contributed by atoms with Crippen molar-refractivity contribution in [3.05, 3.63) is 23.4 Å². The third kappa shape index (κ3) is 5.14. The van der Waals surface area contributed by atoms with Crippen LogP contribution in [0.3, 0.4) is 0 Å². The van der Waals surface area contributed by atoms with Gasteiger partial charge in [-0.15, -0.1) is 0 Å². The molecule has 5 heteroatoms. The number of amides is 1. The Labute approximate surface area is 102 Å². The van der Waals surface area contributed by atoms with Gasteiger partial charge in [0.2, 0.25) is 5.91 Å². The number of hydrogen-bond acceptors (Lipinski definition) is 2. The molecule has 0 saturated carbocycles. The summed E-state index contributed by atoms with van der Waals surface area (Å²) in [6.07, 6.45) is 3.95. The Morgan fingerprint density at radius 1 is 1.53 bits per heavy atom. The van der Waals surface area contributed by atoms with E-state index in [0.29, 0.717) is 17.3 Å². The minimum Gasteiger partial charge on any atom is -0.311 e. The van der Waals surface area contributed by atoms with Gasteiger partial charge in [0.15, 0.2) is 0 Å². The summed E-state index contributed by atoms with van der Waals surface area (Å²) in [5, 5.41) is 4.19. The highest BCUT2D eigenvalue weighted by molar-refractivity contribution is 9.09. The lowest BCUT2D eigenvalue weighted by molar-refractivity contribution is -0.116. The first kappa shape index (κ1) is 12.5. The second-order valence-electron chi connectivity index (χ2n) is 3.05. The fraction of sp³-hybridized carbons (Fsp3) is 0.400. The van der Waals surface area contributed by atoms with Crippen LogP contribution in [0, 0.1) is 0 Å². The van der Waals surface area contributed by atoms with Crippen LogP contribution in [0.25, 0.3) is 0 Å². The van der Waals surface area contributed by atoms with Crippen molar-refractivity contribution in [3.63, 3.8) is 0 Å². The van der Waals surface area contributed by atoms with E-state index in [4.69, 9.17) is 11.6 Å². The highest BCUT2D eigenvalue weighted by Gasteiger charge is 2.02. The van der Waals surface area contributed by atoms with E-state index in [-0.39, 0.29) is 5.91 Å². The molecule has 1 rings (SSSR count). The molecule has 0 bridgehead atoms. The quantitative estimate of drug-likeness (QED) is 0.668. The van der Waals surface area contributed by atoms with E-state index in [9.17, 15) is 4.79 Å². The molecule has 0 aromatic carbocycles. The van der Waals surface area contributed by atoms with Gasteiger partial charge in [0.25, 0.3) is 0 Å². The maximum Gasteiger partial charge on any atom is 0.225 e. The predicted octanol–water partition coefficient (Wildman–Crippen LogP) is 3.24. The predicted molar refractivity (Wildman–Crippen MR) is 65.5 cm³/mol. The summed E-state index contributed by atoms with van der Waals surface area (Å²) in [5.74, 6) is 0.483. The number of pyridine rings is 1. The molecular weight excluding hydrogens is 279 g/mol. The Balaban J connectivity index is 2.37. The maximum absolute atomic E-state index is 11.4. The standard InChI is InChI=1S/C10H12BrClN2O/c11-5-2-1-3-10(15)14-9-7-8(12)4-6-13-9/h4,6-7H,1-3,5H2,(H,13,14,15). The van der Waals surface area contributed by atoms with Gasteiger partial charge in [-0.05, 0) is 25.0 Å². The Morgan fingerprint density at radius 2 is 2.33 bits per heavy atom. The van der Waals surface area contributed by atoms with Crippen molar-refractivity contribution in [3.8, 4) is 0 Å². The van der Waals surface area contributed by atoms with Crippen LogP contribution in [0.15, 0.2) is 18.3 Å². The molecule has 0 fully saturated rings. The lowest BCUT2D eigenvalue weighted by Crippen LogP contribution is -2.12. The molecule has 3 nitrogen and oxygen atoms in total. The summed E-state index contributed by atoms with van der Waals surface area (Å²) < 4.78 is 0. The second-order valence-corrected chi connectivity index (χ2v) is 4.28. The monoisotopic (exact) mass is 290 g/mol. The molecule has 0 unspecified atom stereocenters. The van der Waals surface area contributed by atoms with Crippen molar-refractivity contribution >= 4 is 39.3 Å². The Morgan fingerprint density at radius 3 is 3.00 bits per heavy atom. The van der Waals surface area contributed by atoms with Crippen LogP contribution in [-0.4, -0.2) is 16.2 Å². The van der Waals surface area contributed by atoms with Gasteiger partial charge >= 0.3 is 0 Å². The summed E-state index contributed by atoms with van der Waals surface area (Å²) >= 11 is 9.07. The summed E-state index contributed by atoms with van der Waals surface area (Å²) in [5.41, 5.74) is 0. The van der Waals surface area contributed by atoms with Gasteiger partial charge < -0.3 is 5.32 Å². The van der Waals surface area contributed by atoms with Gasteiger partial charge in [-0.1, -0.05) is 27.5 Å². The SMILES string of the molecule is O=C(CCCCBr)Nc1cc(Cl)ccn1. The molecule has 0 radical (unpaired) electrons. The molecule has 0 aliphatic rings. The molecule has 1 aromatic rings. The smallest absolute Gasteiger partial charge is 0.225 e. The molecule has 0 aliphatic heterocycles. The zero-order chi connectivity index (χ0) is 11.1.